The van der Waals surface area contributed by atoms with Crippen molar-refractivity contribution in [3.63, 3.8) is 0 Å². The van der Waals surface area contributed by atoms with E-state index in [-0.39, 0.29) is 6.04 Å². The Hall–Kier alpha value is -2.69. The number of halogens is 1. The van der Waals surface area contributed by atoms with Crippen LogP contribution in [0.4, 0.5) is 5.69 Å². The molecule has 3 nitrogen and oxygen atoms in total. The second kappa shape index (κ2) is 7.91. The first-order valence-electron chi connectivity index (χ1n) is 8.74. The van der Waals surface area contributed by atoms with E-state index in [1.165, 1.54) is 0 Å². The van der Waals surface area contributed by atoms with E-state index in [0.717, 1.165) is 34.0 Å². The quantitative estimate of drug-likeness (QED) is 0.564. The molecular weight excluding hydrogens is 374 g/mol. The van der Waals surface area contributed by atoms with Crippen molar-refractivity contribution in [1.29, 1.82) is 0 Å². The number of anilines is 1. The minimum atomic E-state index is 0.0289. The highest BCUT2D eigenvalue weighted by atomic mass is 35.5. The monoisotopic (exact) mass is 391 g/mol. The molecule has 1 heterocycles. The van der Waals surface area contributed by atoms with E-state index < -0.39 is 0 Å². The number of nitrogens with zero attached hydrogens (tertiary/aromatic N) is 2. The van der Waals surface area contributed by atoms with Crippen molar-refractivity contribution in [2.75, 3.05) is 5.32 Å². The average Bonchev–Trinajstić information content (AvgIpc) is 3.16. The fourth-order valence-electron chi connectivity index (χ4n) is 3.15. The second-order valence-corrected chi connectivity index (χ2v) is 7.15. The van der Waals surface area contributed by atoms with Gasteiger partial charge < -0.3 is 5.32 Å². The Morgan fingerprint density at radius 1 is 0.926 bits per heavy atom. The van der Waals surface area contributed by atoms with Crippen LogP contribution in [-0.4, -0.2) is 15.8 Å². The zero-order valence-electron chi connectivity index (χ0n) is 14.5. The fourth-order valence-corrected chi connectivity index (χ4v) is 3.56. The molecule has 5 heteroatoms. The summed E-state index contributed by atoms with van der Waals surface area (Å²) in [4.78, 5) is 0. The van der Waals surface area contributed by atoms with E-state index in [1.54, 1.807) is 0 Å². The molecule has 4 rings (SSSR count). The molecule has 0 saturated heterocycles. The van der Waals surface area contributed by atoms with Gasteiger partial charge >= 0.3 is 0 Å². The Morgan fingerprint density at radius 3 is 2.22 bits per heavy atom. The number of hydrazone groups is 1. The van der Waals surface area contributed by atoms with Crippen molar-refractivity contribution < 1.29 is 0 Å². The number of hydrogen-bond donors (Lipinski definition) is 1. The van der Waals surface area contributed by atoms with Crippen molar-refractivity contribution in [1.82, 2.24) is 5.01 Å². The first-order valence-corrected chi connectivity index (χ1v) is 9.53. The van der Waals surface area contributed by atoms with Crippen molar-refractivity contribution in [2.24, 2.45) is 5.10 Å². The molecule has 1 atom stereocenters. The molecule has 0 saturated carbocycles. The van der Waals surface area contributed by atoms with Crippen LogP contribution in [0, 0.1) is 0 Å². The molecule has 1 aliphatic heterocycles. The smallest absolute Gasteiger partial charge is 0.194 e. The van der Waals surface area contributed by atoms with E-state index in [9.17, 15) is 0 Å². The predicted molar refractivity (Wildman–Crippen MR) is 116 cm³/mol. The Balaban J connectivity index is 1.65. The van der Waals surface area contributed by atoms with E-state index in [1.807, 2.05) is 77.8 Å². The van der Waals surface area contributed by atoms with Gasteiger partial charge in [0.1, 0.15) is 0 Å². The van der Waals surface area contributed by atoms with Gasteiger partial charge in [-0.3, -0.25) is 0 Å². The third-order valence-corrected chi connectivity index (χ3v) is 5.05. The third-order valence-electron chi connectivity index (χ3n) is 4.51. The molecule has 0 aliphatic carbocycles. The van der Waals surface area contributed by atoms with E-state index in [0.29, 0.717) is 5.11 Å². The topological polar surface area (TPSA) is 27.6 Å². The van der Waals surface area contributed by atoms with Gasteiger partial charge in [-0.05, 0) is 47.6 Å². The number of para-hydroxylation sites is 1. The summed E-state index contributed by atoms with van der Waals surface area (Å²) in [5.41, 5.74) is 4.21. The maximum absolute atomic E-state index is 6.07. The van der Waals surface area contributed by atoms with Gasteiger partial charge in [0.05, 0.1) is 11.8 Å². The molecule has 3 aromatic carbocycles. The number of thiocarbonyl (C=S) groups is 1. The lowest BCUT2D eigenvalue weighted by atomic mass is 9.99. The lowest BCUT2D eigenvalue weighted by Gasteiger charge is -2.25. The Bertz CT molecular complexity index is 956. The Labute approximate surface area is 169 Å². The maximum atomic E-state index is 6.07. The Kier molecular flexibility index (Phi) is 5.19. The van der Waals surface area contributed by atoms with Gasteiger partial charge in [-0.15, -0.1) is 0 Å². The molecule has 0 spiro atoms. The SMILES string of the molecule is S=C(Nc1ccccc1)N1N=C(c2ccccc2)CC1c1ccc(Cl)cc1. The summed E-state index contributed by atoms with van der Waals surface area (Å²) < 4.78 is 0. The number of rotatable bonds is 3. The van der Waals surface area contributed by atoms with Gasteiger partial charge in [0.15, 0.2) is 5.11 Å². The first-order chi connectivity index (χ1) is 13.2. The van der Waals surface area contributed by atoms with Crippen LogP contribution in [0.1, 0.15) is 23.6 Å². The average molecular weight is 392 g/mol. The molecule has 0 radical (unpaired) electrons. The summed E-state index contributed by atoms with van der Waals surface area (Å²) in [7, 11) is 0. The molecule has 0 bridgehead atoms. The van der Waals surface area contributed by atoms with Crippen LogP contribution < -0.4 is 5.32 Å². The van der Waals surface area contributed by atoms with Crippen LogP contribution in [0.5, 0.6) is 0 Å². The fraction of sp³-hybridized carbons (Fsp3) is 0.0909. The van der Waals surface area contributed by atoms with Crippen molar-refractivity contribution in [2.45, 2.75) is 12.5 Å². The second-order valence-electron chi connectivity index (χ2n) is 6.32. The van der Waals surface area contributed by atoms with Gasteiger partial charge in [0, 0.05) is 17.1 Å². The molecule has 1 N–H and O–H groups in total. The van der Waals surface area contributed by atoms with Crippen LogP contribution in [0.25, 0.3) is 0 Å². The van der Waals surface area contributed by atoms with Crippen LogP contribution in [0.15, 0.2) is 90.0 Å². The molecule has 134 valence electrons. The number of hydrogen-bond acceptors (Lipinski definition) is 2. The minimum absolute atomic E-state index is 0.0289. The van der Waals surface area contributed by atoms with Crippen LogP contribution in [0.3, 0.4) is 0 Å². The molecule has 0 fully saturated rings. The lowest BCUT2D eigenvalue weighted by Crippen LogP contribution is -2.31. The van der Waals surface area contributed by atoms with E-state index in [2.05, 4.69) is 17.4 Å². The lowest BCUT2D eigenvalue weighted by molar-refractivity contribution is 0.375. The number of benzene rings is 3. The van der Waals surface area contributed by atoms with Crippen LogP contribution in [0.2, 0.25) is 5.02 Å². The highest BCUT2D eigenvalue weighted by Crippen LogP contribution is 2.33. The summed E-state index contributed by atoms with van der Waals surface area (Å²) in [6.45, 7) is 0. The summed E-state index contributed by atoms with van der Waals surface area (Å²) in [6, 6.07) is 28.0. The van der Waals surface area contributed by atoms with Crippen LogP contribution >= 0.6 is 23.8 Å². The molecule has 1 unspecified atom stereocenters. The summed E-state index contributed by atoms with van der Waals surface area (Å²) in [5.74, 6) is 0. The van der Waals surface area contributed by atoms with Crippen molar-refractivity contribution in [3.8, 4) is 0 Å². The van der Waals surface area contributed by atoms with E-state index >= 15 is 0 Å². The molecule has 3 aromatic rings. The third kappa shape index (κ3) is 4.02. The first kappa shape index (κ1) is 17.7. The van der Waals surface area contributed by atoms with Crippen LogP contribution in [-0.2, 0) is 0 Å². The molecule has 0 aromatic heterocycles. The zero-order chi connectivity index (χ0) is 18.6. The van der Waals surface area contributed by atoms with Crippen molar-refractivity contribution >= 4 is 40.3 Å². The molecule has 0 amide bonds. The van der Waals surface area contributed by atoms with Gasteiger partial charge in [-0.25, -0.2) is 5.01 Å². The zero-order valence-corrected chi connectivity index (χ0v) is 16.1. The molecule has 27 heavy (non-hydrogen) atoms. The van der Waals surface area contributed by atoms with E-state index in [4.69, 9.17) is 28.9 Å². The van der Waals surface area contributed by atoms with Crippen molar-refractivity contribution in [3.05, 3.63) is 101 Å². The van der Waals surface area contributed by atoms with Gasteiger partial charge in [0.2, 0.25) is 0 Å². The summed E-state index contributed by atoms with van der Waals surface area (Å²) >= 11 is 11.8. The number of nitrogens with one attached hydrogen (secondary N) is 1. The van der Waals surface area contributed by atoms with Gasteiger partial charge in [-0.1, -0.05) is 72.3 Å². The summed E-state index contributed by atoms with van der Waals surface area (Å²) in [6.07, 6.45) is 0.780. The highest BCUT2D eigenvalue weighted by Gasteiger charge is 2.31. The predicted octanol–water partition coefficient (Wildman–Crippen LogP) is 5.89. The standard InChI is InChI=1S/C22H18ClN3S/c23-18-13-11-17(12-14-18)21-15-20(16-7-3-1-4-8-16)25-26(21)22(27)24-19-9-5-2-6-10-19/h1-14,21H,15H2,(H,24,27). The maximum Gasteiger partial charge on any atom is 0.194 e. The minimum Gasteiger partial charge on any atom is -0.331 e. The largest absolute Gasteiger partial charge is 0.331 e. The van der Waals surface area contributed by atoms with Gasteiger partial charge in [-0.2, -0.15) is 5.10 Å². The normalized spacial score (nSPS) is 16.1. The summed E-state index contributed by atoms with van der Waals surface area (Å²) in [5, 5.41) is 11.3. The Morgan fingerprint density at radius 2 is 1.56 bits per heavy atom. The molecular formula is C22H18ClN3S. The van der Waals surface area contributed by atoms with Gasteiger partial charge in [0.25, 0.3) is 0 Å². The highest BCUT2D eigenvalue weighted by molar-refractivity contribution is 7.80. The molecule has 1 aliphatic rings.